The van der Waals surface area contributed by atoms with Crippen LogP contribution in [0, 0.1) is 11.7 Å². The molecule has 1 unspecified atom stereocenters. The van der Waals surface area contributed by atoms with E-state index in [-0.39, 0.29) is 11.8 Å². The van der Waals surface area contributed by atoms with Crippen LogP contribution in [0.5, 0.6) is 0 Å². The van der Waals surface area contributed by atoms with Crippen LogP contribution in [0.2, 0.25) is 0 Å². The van der Waals surface area contributed by atoms with Gasteiger partial charge in [-0.05, 0) is 12.1 Å². The van der Waals surface area contributed by atoms with Gasteiger partial charge in [-0.25, -0.2) is 9.37 Å². The molecule has 1 aromatic rings. The zero-order chi connectivity index (χ0) is 10.8. The van der Waals surface area contributed by atoms with Crippen LogP contribution in [0.15, 0.2) is 31.0 Å². The molecule has 4 heteroatoms. The van der Waals surface area contributed by atoms with Gasteiger partial charge in [-0.3, -0.25) is 9.69 Å². The van der Waals surface area contributed by atoms with Crippen molar-refractivity contribution >= 4 is 11.7 Å². The number of carbonyl (C=O) groups is 1. The number of hydrogen-bond donors (Lipinski definition) is 0. The Morgan fingerprint density at radius 3 is 2.93 bits per heavy atom. The summed E-state index contributed by atoms with van der Waals surface area (Å²) < 4.78 is 12.6. The number of nitrogens with zero attached hydrogens (tertiary/aromatic N) is 2. The molecule has 1 saturated heterocycles. The summed E-state index contributed by atoms with van der Waals surface area (Å²) in [6, 6.07) is 2.82. The highest BCUT2D eigenvalue weighted by Gasteiger charge is 2.29. The Bertz CT molecular complexity index is 388. The van der Waals surface area contributed by atoms with Crippen molar-refractivity contribution in [3.05, 3.63) is 36.8 Å². The number of hydrogen-bond acceptors (Lipinski definition) is 2. The highest BCUT2D eigenvalue weighted by Crippen LogP contribution is 2.23. The molecule has 1 atom stereocenters. The van der Waals surface area contributed by atoms with Crippen LogP contribution in [-0.2, 0) is 4.79 Å². The minimum Gasteiger partial charge on any atom is -0.296 e. The molecule has 0 N–H and O–H groups in total. The number of aromatic nitrogens is 1. The van der Waals surface area contributed by atoms with E-state index in [1.54, 1.807) is 11.0 Å². The molecule has 1 amide bonds. The van der Waals surface area contributed by atoms with E-state index in [0.717, 1.165) is 6.20 Å². The summed E-state index contributed by atoms with van der Waals surface area (Å²) in [5.74, 6) is 0.291. The monoisotopic (exact) mass is 206 g/mol. The van der Waals surface area contributed by atoms with Crippen LogP contribution in [-0.4, -0.2) is 17.4 Å². The molecule has 15 heavy (non-hydrogen) atoms. The zero-order valence-corrected chi connectivity index (χ0v) is 8.19. The molecule has 3 nitrogen and oxygen atoms in total. The van der Waals surface area contributed by atoms with Crippen molar-refractivity contribution in [1.29, 1.82) is 0 Å². The van der Waals surface area contributed by atoms with Gasteiger partial charge in [-0.1, -0.05) is 6.08 Å². The fourth-order valence-electron chi connectivity index (χ4n) is 1.64. The second-order valence-corrected chi connectivity index (χ2v) is 3.54. The van der Waals surface area contributed by atoms with Crippen LogP contribution in [0.3, 0.4) is 0 Å². The summed E-state index contributed by atoms with van der Waals surface area (Å²) in [7, 11) is 0. The fourth-order valence-corrected chi connectivity index (χ4v) is 1.64. The van der Waals surface area contributed by atoms with Gasteiger partial charge in [0.15, 0.2) is 0 Å². The summed E-state index contributed by atoms with van der Waals surface area (Å²) in [5, 5.41) is 0. The average molecular weight is 206 g/mol. The molecule has 0 radical (unpaired) electrons. The Morgan fingerprint density at radius 1 is 1.60 bits per heavy atom. The SMILES string of the molecule is C=CC1CC(=O)N(c2ccc(F)cn2)C1. The molecule has 1 aliphatic rings. The molecule has 0 aromatic carbocycles. The minimum atomic E-state index is -0.398. The second kappa shape index (κ2) is 3.81. The third-order valence-corrected chi connectivity index (χ3v) is 2.48. The van der Waals surface area contributed by atoms with Gasteiger partial charge in [0.25, 0.3) is 0 Å². The number of pyridine rings is 1. The van der Waals surface area contributed by atoms with Gasteiger partial charge in [0.2, 0.25) is 5.91 Å². The van der Waals surface area contributed by atoms with Crippen molar-refractivity contribution < 1.29 is 9.18 Å². The summed E-state index contributed by atoms with van der Waals surface area (Å²) in [5.41, 5.74) is 0. The van der Waals surface area contributed by atoms with Crippen LogP contribution in [0.4, 0.5) is 10.2 Å². The van der Waals surface area contributed by atoms with Gasteiger partial charge in [0.05, 0.1) is 6.20 Å². The lowest BCUT2D eigenvalue weighted by Crippen LogP contribution is -2.25. The highest BCUT2D eigenvalue weighted by atomic mass is 19.1. The van der Waals surface area contributed by atoms with Gasteiger partial charge in [-0.2, -0.15) is 0 Å². The number of rotatable bonds is 2. The Labute approximate surface area is 87.2 Å². The number of anilines is 1. The van der Waals surface area contributed by atoms with E-state index in [4.69, 9.17) is 0 Å². The predicted molar refractivity (Wildman–Crippen MR) is 54.9 cm³/mol. The standard InChI is InChI=1S/C11H11FN2O/c1-2-8-5-11(15)14(7-8)10-4-3-9(12)6-13-10/h2-4,6,8H,1,5,7H2. The number of carbonyl (C=O) groups excluding carboxylic acids is 1. The summed E-state index contributed by atoms with van der Waals surface area (Å²) in [6.07, 6.45) is 3.34. The molecule has 2 rings (SSSR count). The van der Waals surface area contributed by atoms with Crippen molar-refractivity contribution in [3.63, 3.8) is 0 Å². The van der Waals surface area contributed by atoms with Crippen molar-refractivity contribution in [1.82, 2.24) is 4.98 Å². The van der Waals surface area contributed by atoms with Crippen molar-refractivity contribution in [2.24, 2.45) is 5.92 Å². The summed E-state index contributed by atoms with van der Waals surface area (Å²) >= 11 is 0. The fraction of sp³-hybridized carbons (Fsp3) is 0.273. The van der Waals surface area contributed by atoms with E-state index in [9.17, 15) is 9.18 Å². The maximum Gasteiger partial charge on any atom is 0.228 e. The third kappa shape index (κ3) is 1.88. The van der Waals surface area contributed by atoms with Gasteiger partial charge in [0, 0.05) is 18.9 Å². The van der Waals surface area contributed by atoms with E-state index in [1.165, 1.54) is 12.1 Å². The van der Waals surface area contributed by atoms with E-state index in [2.05, 4.69) is 11.6 Å². The molecule has 2 heterocycles. The topological polar surface area (TPSA) is 33.2 Å². The first-order valence-corrected chi connectivity index (χ1v) is 4.75. The minimum absolute atomic E-state index is 0.0130. The predicted octanol–water partition coefficient (Wildman–Crippen LogP) is 1.76. The van der Waals surface area contributed by atoms with Gasteiger partial charge in [-0.15, -0.1) is 6.58 Å². The first-order chi connectivity index (χ1) is 7.20. The first-order valence-electron chi connectivity index (χ1n) is 4.75. The average Bonchev–Trinajstić information content (AvgIpc) is 2.61. The second-order valence-electron chi connectivity index (χ2n) is 3.54. The van der Waals surface area contributed by atoms with Crippen LogP contribution in [0.1, 0.15) is 6.42 Å². The Balaban J connectivity index is 2.21. The molecule has 1 fully saturated rings. The quantitative estimate of drug-likeness (QED) is 0.691. The first kappa shape index (κ1) is 9.83. The summed E-state index contributed by atoms with van der Waals surface area (Å²) in [4.78, 5) is 17.0. The maximum absolute atomic E-state index is 12.6. The molecule has 1 aromatic heterocycles. The van der Waals surface area contributed by atoms with Crippen LogP contribution >= 0.6 is 0 Å². The third-order valence-electron chi connectivity index (χ3n) is 2.48. The molecule has 0 bridgehead atoms. The maximum atomic E-state index is 12.6. The van der Waals surface area contributed by atoms with Gasteiger partial charge in [0.1, 0.15) is 11.6 Å². The number of halogens is 1. The smallest absolute Gasteiger partial charge is 0.228 e. The largest absolute Gasteiger partial charge is 0.296 e. The van der Waals surface area contributed by atoms with Gasteiger partial charge < -0.3 is 0 Å². The van der Waals surface area contributed by atoms with Crippen molar-refractivity contribution in [2.75, 3.05) is 11.4 Å². The molecule has 1 aliphatic heterocycles. The molecule has 0 spiro atoms. The molecule has 0 aliphatic carbocycles. The van der Waals surface area contributed by atoms with Crippen LogP contribution < -0.4 is 4.90 Å². The zero-order valence-electron chi connectivity index (χ0n) is 8.19. The number of amides is 1. The van der Waals surface area contributed by atoms with Gasteiger partial charge >= 0.3 is 0 Å². The highest BCUT2D eigenvalue weighted by molar-refractivity contribution is 5.95. The van der Waals surface area contributed by atoms with Crippen molar-refractivity contribution in [3.8, 4) is 0 Å². The Morgan fingerprint density at radius 2 is 2.40 bits per heavy atom. The van der Waals surface area contributed by atoms with E-state index in [1.807, 2.05) is 0 Å². The van der Waals surface area contributed by atoms with E-state index in [0.29, 0.717) is 18.8 Å². The molecular formula is C11H11FN2O. The summed E-state index contributed by atoms with van der Waals surface area (Å²) in [6.45, 7) is 4.24. The Hall–Kier alpha value is -1.71. The normalized spacial score (nSPS) is 20.7. The molecule has 0 saturated carbocycles. The van der Waals surface area contributed by atoms with E-state index < -0.39 is 5.82 Å². The lowest BCUT2D eigenvalue weighted by molar-refractivity contribution is -0.117. The lowest BCUT2D eigenvalue weighted by Gasteiger charge is -2.14. The molecular weight excluding hydrogens is 195 g/mol. The van der Waals surface area contributed by atoms with E-state index >= 15 is 0 Å². The molecule has 78 valence electrons. The van der Waals surface area contributed by atoms with Crippen LogP contribution in [0.25, 0.3) is 0 Å². The Kier molecular flexibility index (Phi) is 2.49. The van der Waals surface area contributed by atoms with Crippen molar-refractivity contribution in [2.45, 2.75) is 6.42 Å². The lowest BCUT2D eigenvalue weighted by atomic mass is 10.1.